The number of nitriles is 1. The minimum Gasteiger partial charge on any atom is -0.493 e. The van der Waals surface area contributed by atoms with Gasteiger partial charge in [0.1, 0.15) is 11.6 Å². The quantitative estimate of drug-likeness (QED) is 0.779. The van der Waals surface area contributed by atoms with E-state index in [-0.39, 0.29) is 11.9 Å². The summed E-state index contributed by atoms with van der Waals surface area (Å²) in [5.74, 6) is 0.118. The van der Waals surface area contributed by atoms with Gasteiger partial charge in [0, 0.05) is 24.1 Å². The first kappa shape index (κ1) is 12.5. The van der Waals surface area contributed by atoms with Gasteiger partial charge in [0.15, 0.2) is 0 Å². The molecule has 0 heterocycles. The van der Waals surface area contributed by atoms with Crippen LogP contribution in [-0.2, 0) is 0 Å². The van der Waals surface area contributed by atoms with Gasteiger partial charge in [-0.15, -0.1) is 0 Å². The number of nitrogens with two attached hydrogens (primary N) is 1. The Morgan fingerprint density at radius 3 is 2.94 bits per heavy atom. The van der Waals surface area contributed by atoms with E-state index in [1.165, 1.54) is 12.1 Å². The summed E-state index contributed by atoms with van der Waals surface area (Å²) in [6.07, 6.45) is 1.06. The van der Waals surface area contributed by atoms with Gasteiger partial charge in [-0.05, 0) is 19.4 Å². The third-order valence-corrected chi connectivity index (χ3v) is 2.16. The largest absolute Gasteiger partial charge is 0.493 e. The molecule has 0 aliphatic heterocycles. The molecule has 0 bridgehead atoms. The fourth-order valence-corrected chi connectivity index (χ4v) is 1.34. The second-order valence-corrected chi connectivity index (χ2v) is 3.58. The zero-order chi connectivity index (χ0) is 12.0. The maximum Gasteiger partial charge on any atom is 0.126 e. The SMILES string of the molecule is C[C@@H](N)c1ccc(F)cc1OCCCC#N. The van der Waals surface area contributed by atoms with Crippen LogP contribution in [0.25, 0.3) is 0 Å². The molecule has 1 rings (SSSR count). The van der Waals surface area contributed by atoms with Crippen LogP contribution in [0.4, 0.5) is 4.39 Å². The number of benzene rings is 1. The second kappa shape index (κ2) is 6.09. The number of ether oxygens (including phenoxy) is 1. The van der Waals surface area contributed by atoms with Crippen LogP contribution < -0.4 is 10.5 Å². The molecule has 0 aromatic heterocycles. The Kier molecular flexibility index (Phi) is 4.74. The number of hydrogen-bond donors (Lipinski definition) is 1. The molecule has 86 valence electrons. The third-order valence-electron chi connectivity index (χ3n) is 2.16. The topological polar surface area (TPSA) is 59.0 Å². The molecule has 0 spiro atoms. The van der Waals surface area contributed by atoms with Gasteiger partial charge in [-0.2, -0.15) is 5.26 Å². The van der Waals surface area contributed by atoms with E-state index in [1.54, 1.807) is 6.07 Å². The van der Waals surface area contributed by atoms with E-state index < -0.39 is 0 Å². The summed E-state index contributed by atoms with van der Waals surface area (Å²) in [5.41, 5.74) is 6.52. The fourth-order valence-electron chi connectivity index (χ4n) is 1.34. The molecule has 0 amide bonds. The summed E-state index contributed by atoms with van der Waals surface area (Å²) in [7, 11) is 0. The molecule has 1 atom stereocenters. The van der Waals surface area contributed by atoms with Crippen molar-refractivity contribution in [3.05, 3.63) is 29.6 Å². The van der Waals surface area contributed by atoms with E-state index in [4.69, 9.17) is 15.7 Å². The van der Waals surface area contributed by atoms with Crippen molar-refractivity contribution in [3.63, 3.8) is 0 Å². The van der Waals surface area contributed by atoms with Crippen LogP contribution in [-0.4, -0.2) is 6.61 Å². The third kappa shape index (κ3) is 3.52. The highest BCUT2D eigenvalue weighted by molar-refractivity contribution is 5.36. The first-order valence-corrected chi connectivity index (χ1v) is 5.20. The van der Waals surface area contributed by atoms with Gasteiger partial charge in [0.25, 0.3) is 0 Å². The molecule has 4 heteroatoms. The first-order valence-electron chi connectivity index (χ1n) is 5.20. The number of hydrogen-bond acceptors (Lipinski definition) is 3. The molecule has 0 radical (unpaired) electrons. The van der Waals surface area contributed by atoms with E-state index in [9.17, 15) is 4.39 Å². The van der Waals surface area contributed by atoms with Crippen molar-refractivity contribution in [2.24, 2.45) is 5.73 Å². The predicted octanol–water partition coefficient (Wildman–Crippen LogP) is 2.53. The van der Waals surface area contributed by atoms with E-state index in [0.29, 0.717) is 25.2 Å². The zero-order valence-electron chi connectivity index (χ0n) is 9.24. The Labute approximate surface area is 94.6 Å². The van der Waals surface area contributed by atoms with Crippen LogP contribution >= 0.6 is 0 Å². The standard InChI is InChI=1S/C12H15FN2O/c1-9(15)11-5-4-10(13)8-12(11)16-7-3-2-6-14/h4-5,8-9H,2-3,7,15H2,1H3/t9-/m1/s1. The summed E-state index contributed by atoms with van der Waals surface area (Å²) >= 11 is 0. The van der Waals surface area contributed by atoms with Crippen molar-refractivity contribution in [2.45, 2.75) is 25.8 Å². The van der Waals surface area contributed by atoms with E-state index in [1.807, 2.05) is 13.0 Å². The van der Waals surface area contributed by atoms with Gasteiger partial charge in [-0.25, -0.2) is 4.39 Å². The van der Waals surface area contributed by atoms with Crippen LogP contribution in [0.1, 0.15) is 31.4 Å². The maximum absolute atomic E-state index is 13.0. The van der Waals surface area contributed by atoms with Crippen molar-refractivity contribution >= 4 is 0 Å². The number of rotatable bonds is 5. The monoisotopic (exact) mass is 222 g/mol. The van der Waals surface area contributed by atoms with Gasteiger partial charge < -0.3 is 10.5 Å². The number of unbranched alkanes of at least 4 members (excludes halogenated alkanes) is 1. The highest BCUT2D eigenvalue weighted by Gasteiger charge is 2.09. The van der Waals surface area contributed by atoms with E-state index in [2.05, 4.69) is 0 Å². The predicted molar refractivity (Wildman–Crippen MR) is 59.3 cm³/mol. The Balaban J connectivity index is 2.69. The van der Waals surface area contributed by atoms with Crippen molar-refractivity contribution in [1.29, 1.82) is 5.26 Å². The molecule has 1 aromatic rings. The number of halogens is 1. The average Bonchev–Trinajstić information content (AvgIpc) is 2.24. The Hall–Kier alpha value is -1.60. The highest BCUT2D eigenvalue weighted by Crippen LogP contribution is 2.24. The Morgan fingerprint density at radius 2 is 2.31 bits per heavy atom. The normalized spacial score (nSPS) is 11.9. The van der Waals surface area contributed by atoms with Crippen LogP contribution in [0.15, 0.2) is 18.2 Å². The lowest BCUT2D eigenvalue weighted by atomic mass is 10.1. The van der Waals surface area contributed by atoms with Gasteiger partial charge in [0.2, 0.25) is 0 Å². The molecule has 0 fully saturated rings. The van der Waals surface area contributed by atoms with Crippen molar-refractivity contribution < 1.29 is 9.13 Å². The summed E-state index contributed by atoms with van der Waals surface area (Å²) in [6, 6.07) is 6.13. The lowest BCUT2D eigenvalue weighted by molar-refractivity contribution is 0.306. The van der Waals surface area contributed by atoms with Gasteiger partial charge in [-0.1, -0.05) is 6.07 Å². The summed E-state index contributed by atoms with van der Waals surface area (Å²) in [4.78, 5) is 0. The molecule has 3 nitrogen and oxygen atoms in total. The molecular formula is C12H15FN2O. The molecular weight excluding hydrogens is 207 g/mol. The molecule has 1 aromatic carbocycles. The van der Waals surface area contributed by atoms with Crippen molar-refractivity contribution in [3.8, 4) is 11.8 Å². The smallest absolute Gasteiger partial charge is 0.126 e. The molecule has 0 saturated heterocycles. The lowest BCUT2D eigenvalue weighted by Gasteiger charge is -2.13. The molecule has 0 aliphatic rings. The van der Waals surface area contributed by atoms with Gasteiger partial charge in [-0.3, -0.25) is 0 Å². The summed E-state index contributed by atoms with van der Waals surface area (Å²) in [5, 5.41) is 8.36. The minimum absolute atomic E-state index is 0.202. The van der Waals surface area contributed by atoms with Crippen molar-refractivity contribution in [1.82, 2.24) is 0 Å². The maximum atomic E-state index is 13.0. The Morgan fingerprint density at radius 1 is 1.56 bits per heavy atom. The highest BCUT2D eigenvalue weighted by atomic mass is 19.1. The zero-order valence-corrected chi connectivity index (χ0v) is 9.24. The summed E-state index contributed by atoms with van der Waals surface area (Å²) in [6.45, 7) is 2.21. The van der Waals surface area contributed by atoms with Crippen molar-refractivity contribution in [2.75, 3.05) is 6.61 Å². The average molecular weight is 222 g/mol. The Bertz CT molecular complexity index is 385. The van der Waals surface area contributed by atoms with Crippen LogP contribution in [0.5, 0.6) is 5.75 Å². The number of nitrogens with zero attached hydrogens (tertiary/aromatic N) is 1. The lowest BCUT2D eigenvalue weighted by Crippen LogP contribution is -2.09. The van der Waals surface area contributed by atoms with Crippen LogP contribution in [0.3, 0.4) is 0 Å². The van der Waals surface area contributed by atoms with Crippen LogP contribution in [0, 0.1) is 17.1 Å². The molecule has 0 unspecified atom stereocenters. The van der Waals surface area contributed by atoms with E-state index in [0.717, 1.165) is 5.56 Å². The molecule has 2 N–H and O–H groups in total. The first-order chi connectivity index (χ1) is 7.65. The second-order valence-electron chi connectivity index (χ2n) is 3.58. The minimum atomic E-state index is -0.348. The van der Waals surface area contributed by atoms with Gasteiger partial charge in [0.05, 0.1) is 12.7 Å². The summed E-state index contributed by atoms with van der Waals surface area (Å²) < 4.78 is 18.4. The van der Waals surface area contributed by atoms with Crippen LogP contribution in [0.2, 0.25) is 0 Å². The molecule has 16 heavy (non-hydrogen) atoms. The fraction of sp³-hybridized carbons (Fsp3) is 0.417. The molecule has 0 saturated carbocycles. The molecule has 0 aliphatic carbocycles. The van der Waals surface area contributed by atoms with Gasteiger partial charge >= 0.3 is 0 Å². The van der Waals surface area contributed by atoms with E-state index >= 15 is 0 Å².